The van der Waals surface area contributed by atoms with Crippen molar-refractivity contribution in [2.24, 2.45) is 0 Å². The number of anilines is 1. The smallest absolute Gasteiger partial charge is 0.258 e. The Balaban J connectivity index is 1.91. The van der Waals surface area contributed by atoms with Crippen LogP contribution in [0.5, 0.6) is 0 Å². The van der Waals surface area contributed by atoms with Crippen LogP contribution in [0.2, 0.25) is 5.02 Å². The average Bonchev–Trinajstić information content (AvgIpc) is 2.66. The van der Waals surface area contributed by atoms with Gasteiger partial charge in [-0.1, -0.05) is 41.6 Å². The predicted octanol–water partition coefficient (Wildman–Crippen LogP) is 6.45. The number of rotatable bonds is 1. The van der Waals surface area contributed by atoms with Crippen molar-refractivity contribution in [3.8, 4) is 11.8 Å². The van der Waals surface area contributed by atoms with E-state index in [4.69, 9.17) is 11.6 Å². The van der Waals surface area contributed by atoms with Crippen LogP contribution in [0.4, 0.5) is 5.69 Å². The molecule has 0 fully saturated rings. The van der Waals surface area contributed by atoms with Crippen LogP contribution in [0, 0.1) is 11.8 Å². The van der Waals surface area contributed by atoms with Gasteiger partial charge in [-0.3, -0.25) is 0 Å². The zero-order chi connectivity index (χ0) is 18.1. The van der Waals surface area contributed by atoms with Crippen LogP contribution in [0.3, 0.4) is 0 Å². The fraction of sp³-hybridized carbons (Fsp3) is 0.0870. The van der Waals surface area contributed by atoms with E-state index in [0.29, 0.717) is 0 Å². The quantitative estimate of drug-likeness (QED) is 0.210. The van der Waals surface area contributed by atoms with Gasteiger partial charge in [-0.15, -0.1) is 0 Å². The largest absolute Gasteiger partial charge is 0.378 e. The van der Waals surface area contributed by atoms with E-state index in [1.807, 2.05) is 26.2 Å². The Kier molecular flexibility index (Phi) is 4.51. The fourth-order valence-electron chi connectivity index (χ4n) is 2.94. The van der Waals surface area contributed by atoms with Gasteiger partial charge in [0.2, 0.25) is 16.0 Å². The first-order valence-corrected chi connectivity index (χ1v) is 9.55. The Morgan fingerprint density at radius 2 is 1.54 bits per heavy atom. The van der Waals surface area contributed by atoms with Crippen LogP contribution in [-0.2, 0) is 0 Å². The lowest BCUT2D eigenvalue weighted by Gasteiger charge is -2.11. The number of benzene rings is 3. The molecule has 4 rings (SSSR count). The molecule has 0 saturated heterocycles. The Morgan fingerprint density at radius 3 is 2.31 bits per heavy atom. The molecule has 26 heavy (non-hydrogen) atoms. The Labute approximate surface area is 162 Å². The maximum atomic E-state index is 6.45. The molecule has 1 nitrogen and oxygen atoms in total. The molecule has 0 radical (unpaired) electrons. The molecule has 0 atom stereocenters. The maximum Gasteiger partial charge on any atom is 0.258 e. The first kappa shape index (κ1) is 16.8. The summed E-state index contributed by atoms with van der Waals surface area (Å²) in [5, 5.41) is 3.06. The van der Waals surface area contributed by atoms with Crippen LogP contribution in [0.25, 0.3) is 20.2 Å². The second kappa shape index (κ2) is 6.96. The fourth-order valence-corrected chi connectivity index (χ4v) is 4.32. The van der Waals surface area contributed by atoms with Gasteiger partial charge in [0.15, 0.2) is 0 Å². The zero-order valence-corrected chi connectivity index (χ0v) is 16.2. The monoisotopic (exact) mass is 374 g/mol. The average molecular weight is 375 g/mol. The van der Waals surface area contributed by atoms with Gasteiger partial charge < -0.3 is 4.90 Å². The van der Waals surface area contributed by atoms with E-state index in [-0.39, 0.29) is 0 Å². The van der Waals surface area contributed by atoms with Crippen LogP contribution < -0.4 is 4.90 Å². The SMILES string of the molecule is CN(C)c1ccc(C#Cc2c3ccccc3[s+]c3c(Cl)cccc23)cc1. The molecule has 126 valence electrons. The second-order valence-electron chi connectivity index (χ2n) is 6.28. The molecule has 0 aliphatic rings. The highest BCUT2D eigenvalue weighted by atomic mass is 35.5. The van der Waals surface area contributed by atoms with Gasteiger partial charge in [-0.2, -0.15) is 0 Å². The molecular weight excluding hydrogens is 358 g/mol. The molecule has 0 bridgehead atoms. The summed E-state index contributed by atoms with van der Waals surface area (Å²) < 4.78 is 2.28. The molecule has 3 heteroatoms. The van der Waals surface area contributed by atoms with Crippen LogP contribution >= 0.6 is 22.9 Å². The van der Waals surface area contributed by atoms with E-state index in [0.717, 1.165) is 26.2 Å². The number of fused-ring (bicyclic) bond motifs is 2. The number of hydrogen-bond acceptors (Lipinski definition) is 1. The van der Waals surface area contributed by atoms with Crippen molar-refractivity contribution in [2.75, 3.05) is 19.0 Å². The summed E-state index contributed by atoms with van der Waals surface area (Å²) in [5.74, 6) is 6.73. The third-order valence-electron chi connectivity index (χ3n) is 4.32. The first-order chi connectivity index (χ1) is 12.6. The zero-order valence-electron chi connectivity index (χ0n) is 14.6. The van der Waals surface area contributed by atoms with E-state index in [1.54, 1.807) is 11.3 Å². The summed E-state index contributed by atoms with van der Waals surface area (Å²) in [6.07, 6.45) is 0. The van der Waals surface area contributed by atoms with Crippen LogP contribution in [0.15, 0.2) is 66.7 Å². The van der Waals surface area contributed by atoms with Crippen molar-refractivity contribution in [1.82, 2.24) is 0 Å². The van der Waals surface area contributed by atoms with E-state index >= 15 is 0 Å². The van der Waals surface area contributed by atoms with Crippen LogP contribution in [-0.4, -0.2) is 14.1 Å². The number of nitrogens with zero attached hydrogens (tertiary/aromatic N) is 1. The lowest BCUT2D eigenvalue weighted by molar-refractivity contribution is 1.13. The molecule has 0 amide bonds. The van der Waals surface area contributed by atoms with Crippen molar-refractivity contribution in [3.63, 3.8) is 0 Å². The third kappa shape index (κ3) is 3.12. The Hall–Kier alpha value is -2.60. The first-order valence-electron chi connectivity index (χ1n) is 8.36. The molecule has 0 unspecified atom stereocenters. The molecule has 3 aromatic carbocycles. The van der Waals surface area contributed by atoms with Gasteiger partial charge in [-0.25, -0.2) is 0 Å². The van der Waals surface area contributed by atoms with Gasteiger partial charge in [0.25, 0.3) is 4.70 Å². The predicted molar refractivity (Wildman–Crippen MR) is 115 cm³/mol. The molecular formula is C23H17ClNS+. The summed E-state index contributed by atoms with van der Waals surface area (Å²) >= 11 is 8.16. The Morgan fingerprint density at radius 1 is 0.808 bits per heavy atom. The molecule has 0 spiro atoms. The summed E-state index contributed by atoms with van der Waals surface area (Å²) in [6, 6.07) is 22.7. The Bertz CT molecular complexity index is 1170. The molecule has 0 saturated carbocycles. The van der Waals surface area contributed by atoms with E-state index < -0.39 is 0 Å². The van der Waals surface area contributed by atoms with E-state index in [1.165, 1.54) is 15.8 Å². The molecule has 4 aromatic rings. The number of hydrogen-bond donors (Lipinski definition) is 0. The minimum atomic E-state index is 0.775. The summed E-state index contributed by atoms with van der Waals surface area (Å²) in [5.41, 5.74) is 3.20. The van der Waals surface area contributed by atoms with Crippen LogP contribution in [0.1, 0.15) is 11.1 Å². The second-order valence-corrected chi connectivity index (χ2v) is 7.74. The van der Waals surface area contributed by atoms with Crippen molar-refractivity contribution in [3.05, 3.63) is 82.9 Å². The van der Waals surface area contributed by atoms with Crippen molar-refractivity contribution in [1.29, 1.82) is 0 Å². The number of halogens is 1. The van der Waals surface area contributed by atoms with Gasteiger partial charge in [0.05, 0.1) is 16.3 Å². The van der Waals surface area contributed by atoms with E-state index in [2.05, 4.69) is 71.3 Å². The standard InChI is InChI=1S/C23H17ClNS/c1-25(2)17-13-10-16(11-14-17)12-15-18-19-6-3-4-9-22(19)26-23-20(18)7-5-8-21(23)24/h3-11,13-14H,1-2H3/q+1. The van der Waals surface area contributed by atoms with Crippen molar-refractivity contribution < 1.29 is 0 Å². The normalized spacial score (nSPS) is 10.6. The molecule has 1 heterocycles. The van der Waals surface area contributed by atoms with Gasteiger partial charge >= 0.3 is 0 Å². The minimum absolute atomic E-state index is 0.775. The van der Waals surface area contributed by atoms with Gasteiger partial charge in [0.1, 0.15) is 5.02 Å². The summed E-state index contributed by atoms with van der Waals surface area (Å²) in [6.45, 7) is 0. The minimum Gasteiger partial charge on any atom is -0.378 e. The highest BCUT2D eigenvalue weighted by Crippen LogP contribution is 2.36. The third-order valence-corrected chi connectivity index (χ3v) is 5.97. The summed E-state index contributed by atoms with van der Waals surface area (Å²) in [4.78, 5) is 2.08. The molecule has 0 aliphatic heterocycles. The molecule has 0 aliphatic carbocycles. The van der Waals surface area contributed by atoms with E-state index in [9.17, 15) is 0 Å². The van der Waals surface area contributed by atoms with Gasteiger partial charge in [0, 0.05) is 31.4 Å². The highest BCUT2D eigenvalue weighted by Gasteiger charge is 2.18. The van der Waals surface area contributed by atoms with Crippen molar-refractivity contribution in [2.45, 2.75) is 0 Å². The summed E-state index contributed by atoms with van der Waals surface area (Å²) in [7, 11) is 4.07. The molecule has 0 N–H and O–H groups in total. The highest BCUT2D eigenvalue weighted by molar-refractivity contribution is 7.25. The molecule has 1 aromatic heterocycles. The van der Waals surface area contributed by atoms with Crippen molar-refractivity contribution >= 4 is 48.8 Å². The topological polar surface area (TPSA) is 3.24 Å². The lowest BCUT2D eigenvalue weighted by Crippen LogP contribution is -2.07. The van der Waals surface area contributed by atoms with Gasteiger partial charge in [-0.05, 0) is 42.5 Å². The lowest BCUT2D eigenvalue weighted by atomic mass is 10.1. The maximum absolute atomic E-state index is 6.45.